The minimum atomic E-state index is -0.798. The number of hydrogen-bond acceptors (Lipinski definition) is 7. The maximum atomic E-state index is 13.8. The molecule has 1 atom stereocenters. The monoisotopic (exact) mass is 520 g/mol. The van der Waals surface area contributed by atoms with Crippen LogP contribution in [-0.4, -0.2) is 67.5 Å². The van der Waals surface area contributed by atoms with E-state index in [0.29, 0.717) is 42.2 Å². The summed E-state index contributed by atoms with van der Waals surface area (Å²) in [4.78, 5) is 30.6. The van der Waals surface area contributed by atoms with Gasteiger partial charge in [-0.15, -0.1) is 0 Å². The summed E-state index contributed by atoms with van der Waals surface area (Å²) >= 11 is 0. The number of benzene rings is 2. The second-order valence-corrected chi connectivity index (χ2v) is 9.76. The van der Waals surface area contributed by atoms with Crippen molar-refractivity contribution in [3.63, 3.8) is 0 Å². The van der Waals surface area contributed by atoms with E-state index >= 15 is 0 Å². The minimum absolute atomic E-state index is 0.00224. The molecule has 3 aromatic rings. The van der Waals surface area contributed by atoms with Gasteiger partial charge in [0.05, 0.1) is 25.3 Å². The van der Waals surface area contributed by atoms with Gasteiger partial charge in [0.1, 0.15) is 5.58 Å². The van der Waals surface area contributed by atoms with Gasteiger partial charge in [-0.3, -0.25) is 9.59 Å². The number of nitrogens with zero attached hydrogens (tertiary/aromatic N) is 2. The maximum Gasteiger partial charge on any atom is 0.290 e. The van der Waals surface area contributed by atoms with Gasteiger partial charge in [0.25, 0.3) is 5.91 Å². The number of Topliss-reactive ketones (excluding diaryl/α,β-unsaturated/α-hetero) is 1. The largest absolute Gasteiger partial charge is 0.503 e. The fourth-order valence-corrected chi connectivity index (χ4v) is 4.75. The molecule has 0 spiro atoms. The summed E-state index contributed by atoms with van der Waals surface area (Å²) in [6.45, 7) is 3.81. The van der Waals surface area contributed by atoms with Crippen molar-refractivity contribution >= 4 is 22.7 Å². The van der Waals surface area contributed by atoms with Crippen molar-refractivity contribution in [2.24, 2.45) is 0 Å². The van der Waals surface area contributed by atoms with Crippen molar-refractivity contribution in [1.82, 2.24) is 9.80 Å². The zero-order valence-corrected chi connectivity index (χ0v) is 22.5. The van der Waals surface area contributed by atoms with Crippen LogP contribution >= 0.6 is 0 Å². The van der Waals surface area contributed by atoms with Gasteiger partial charge in [-0.1, -0.05) is 44.0 Å². The third-order valence-corrected chi connectivity index (χ3v) is 6.71. The fraction of sp³-hybridized carbons (Fsp3) is 0.400. The highest BCUT2D eigenvalue weighted by Crippen LogP contribution is 2.42. The van der Waals surface area contributed by atoms with Crippen molar-refractivity contribution in [3.8, 4) is 11.5 Å². The second kappa shape index (κ2) is 12.2. The van der Waals surface area contributed by atoms with E-state index in [9.17, 15) is 14.7 Å². The second-order valence-electron chi connectivity index (χ2n) is 9.76. The third-order valence-electron chi connectivity index (χ3n) is 6.71. The van der Waals surface area contributed by atoms with E-state index in [1.54, 1.807) is 36.3 Å². The molecular formula is C30H36N2O6. The number of aliphatic hydroxyl groups excluding tert-OH is 1. The molecule has 0 radical (unpaired) electrons. The number of ether oxygens (including phenoxy) is 2. The summed E-state index contributed by atoms with van der Waals surface area (Å²) < 4.78 is 17.3. The molecule has 1 aromatic heterocycles. The van der Waals surface area contributed by atoms with Crippen LogP contribution in [0.5, 0.6) is 11.5 Å². The van der Waals surface area contributed by atoms with E-state index in [1.807, 2.05) is 43.3 Å². The molecule has 0 aliphatic carbocycles. The maximum absolute atomic E-state index is 13.8. The molecule has 2 heterocycles. The first-order chi connectivity index (χ1) is 18.3. The van der Waals surface area contributed by atoms with Crippen molar-refractivity contribution in [3.05, 3.63) is 71.2 Å². The first-order valence-electron chi connectivity index (χ1n) is 13.1. The molecule has 8 heteroatoms. The van der Waals surface area contributed by atoms with Gasteiger partial charge < -0.3 is 28.8 Å². The Morgan fingerprint density at radius 1 is 1.08 bits per heavy atom. The molecule has 202 valence electrons. The average molecular weight is 521 g/mol. The average Bonchev–Trinajstić information content (AvgIpc) is 3.45. The molecular weight excluding hydrogens is 484 g/mol. The Hall–Kier alpha value is -3.78. The Morgan fingerprint density at radius 3 is 2.58 bits per heavy atom. The van der Waals surface area contributed by atoms with Gasteiger partial charge in [-0.2, -0.15) is 0 Å². The molecule has 0 fully saturated rings. The highest BCUT2D eigenvalue weighted by molar-refractivity contribution is 6.16. The molecule has 0 saturated heterocycles. The van der Waals surface area contributed by atoms with Crippen LogP contribution in [0.1, 0.15) is 54.8 Å². The van der Waals surface area contributed by atoms with Crippen molar-refractivity contribution in [2.75, 3.05) is 40.9 Å². The molecule has 1 aliphatic rings. The van der Waals surface area contributed by atoms with Crippen LogP contribution in [-0.2, 0) is 4.79 Å². The highest BCUT2D eigenvalue weighted by Gasteiger charge is 2.44. The molecule has 1 unspecified atom stereocenters. The molecule has 0 bridgehead atoms. The van der Waals surface area contributed by atoms with Crippen LogP contribution in [0, 0.1) is 0 Å². The Balaban J connectivity index is 1.71. The van der Waals surface area contributed by atoms with E-state index in [0.717, 1.165) is 31.2 Å². The lowest BCUT2D eigenvalue weighted by Gasteiger charge is -2.27. The van der Waals surface area contributed by atoms with Gasteiger partial charge >= 0.3 is 0 Å². The zero-order valence-electron chi connectivity index (χ0n) is 22.5. The van der Waals surface area contributed by atoms with Gasteiger partial charge in [0.2, 0.25) is 5.78 Å². The third kappa shape index (κ3) is 5.70. The smallest absolute Gasteiger partial charge is 0.290 e. The highest BCUT2D eigenvalue weighted by atomic mass is 16.5. The number of unbranched alkanes of at least 4 members (excludes halogenated alkanes) is 2. The van der Waals surface area contributed by atoms with Gasteiger partial charge in [-0.05, 0) is 63.3 Å². The summed E-state index contributed by atoms with van der Waals surface area (Å²) in [5.41, 5.74) is 1.20. The summed E-state index contributed by atoms with van der Waals surface area (Å²) in [7, 11) is 5.47. The van der Waals surface area contributed by atoms with Crippen LogP contribution in [0.3, 0.4) is 0 Å². The summed E-state index contributed by atoms with van der Waals surface area (Å²) in [6, 6.07) is 13.5. The Kier molecular flexibility index (Phi) is 8.73. The molecule has 1 aliphatic heterocycles. The number of fused-ring (bicyclic) bond motifs is 1. The number of ketones is 1. The van der Waals surface area contributed by atoms with Crippen LogP contribution in [0.4, 0.5) is 0 Å². The number of rotatable bonds is 13. The lowest BCUT2D eigenvalue weighted by Crippen LogP contribution is -2.33. The predicted octanol–water partition coefficient (Wildman–Crippen LogP) is 5.54. The lowest BCUT2D eigenvalue weighted by atomic mass is 9.94. The number of hydrogen-bond donors (Lipinski definition) is 1. The summed E-state index contributed by atoms with van der Waals surface area (Å²) in [6.07, 6.45) is 3.77. The molecule has 1 amide bonds. The molecule has 0 saturated carbocycles. The fourth-order valence-electron chi connectivity index (χ4n) is 4.75. The van der Waals surface area contributed by atoms with Crippen LogP contribution in [0.15, 0.2) is 64.3 Å². The molecule has 8 nitrogen and oxygen atoms in total. The SMILES string of the molecule is CCCCCOc1ccc(C2C(C(=O)c3cc4ccccc4o3)=C(O)C(=O)N2CCCN(C)C)cc1OC. The molecule has 2 aromatic carbocycles. The Labute approximate surface area is 223 Å². The van der Waals surface area contributed by atoms with Crippen LogP contribution in [0.25, 0.3) is 11.0 Å². The topological polar surface area (TPSA) is 92.5 Å². The quantitative estimate of drug-likeness (QED) is 0.234. The number of amides is 1. The zero-order chi connectivity index (χ0) is 27.2. The molecule has 4 rings (SSSR count). The van der Waals surface area contributed by atoms with Gasteiger partial charge in [-0.25, -0.2) is 0 Å². The standard InChI is InChI=1S/C30H36N2O6/c1-5-6-9-17-37-23-14-13-21(19-24(23)36-4)27-26(29(34)30(35)32(27)16-10-15-31(2)3)28(33)25-18-20-11-7-8-12-22(20)38-25/h7-8,11-14,18-19,27,34H,5-6,9-10,15-17H2,1-4H3. The normalized spacial score (nSPS) is 15.7. The molecule has 1 N–H and O–H groups in total. The number of carbonyl (C=O) groups is 2. The van der Waals surface area contributed by atoms with E-state index in [-0.39, 0.29) is 11.3 Å². The molecule has 38 heavy (non-hydrogen) atoms. The first kappa shape index (κ1) is 27.3. The number of methoxy groups -OCH3 is 1. The number of para-hydroxylation sites is 1. The van der Waals surface area contributed by atoms with Crippen molar-refractivity contribution in [2.45, 2.75) is 38.6 Å². The lowest BCUT2D eigenvalue weighted by molar-refractivity contribution is -0.129. The van der Waals surface area contributed by atoms with E-state index in [4.69, 9.17) is 13.9 Å². The van der Waals surface area contributed by atoms with Crippen molar-refractivity contribution < 1.29 is 28.6 Å². The van der Waals surface area contributed by atoms with Crippen LogP contribution < -0.4 is 9.47 Å². The number of aliphatic hydroxyl groups is 1. The number of carbonyl (C=O) groups excluding carboxylic acids is 2. The summed E-state index contributed by atoms with van der Waals surface area (Å²) in [5, 5.41) is 11.8. The van der Waals surface area contributed by atoms with Gasteiger partial charge in [0.15, 0.2) is 23.0 Å². The first-order valence-corrected chi connectivity index (χ1v) is 13.1. The van der Waals surface area contributed by atoms with Crippen LogP contribution in [0.2, 0.25) is 0 Å². The van der Waals surface area contributed by atoms with Crippen molar-refractivity contribution in [1.29, 1.82) is 0 Å². The van der Waals surface area contributed by atoms with Gasteiger partial charge in [0, 0.05) is 11.9 Å². The van der Waals surface area contributed by atoms with E-state index < -0.39 is 23.5 Å². The Morgan fingerprint density at radius 2 is 1.87 bits per heavy atom. The summed E-state index contributed by atoms with van der Waals surface area (Å²) in [5.74, 6) is -0.485. The number of furan rings is 1. The Bertz CT molecular complexity index is 1290. The minimum Gasteiger partial charge on any atom is -0.503 e. The predicted molar refractivity (Wildman–Crippen MR) is 146 cm³/mol. The van der Waals surface area contributed by atoms with E-state index in [1.165, 1.54) is 0 Å². The van der Waals surface area contributed by atoms with E-state index in [2.05, 4.69) is 6.92 Å².